The van der Waals surface area contributed by atoms with E-state index in [-0.39, 0.29) is 11.4 Å². The van der Waals surface area contributed by atoms with E-state index >= 15 is 0 Å². The maximum absolute atomic E-state index is 12.4. The van der Waals surface area contributed by atoms with E-state index in [1.54, 1.807) is 17.8 Å². The summed E-state index contributed by atoms with van der Waals surface area (Å²) in [6.07, 6.45) is 6.03. The quantitative estimate of drug-likeness (QED) is 0.642. The monoisotopic (exact) mass is 346 g/mol. The Hall–Kier alpha value is -1.79. The van der Waals surface area contributed by atoms with Gasteiger partial charge in [0.25, 0.3) is 12.2 Å². The number of amides is 1. The van der Waals surface area contributed by atoms with Gasteiger partial charge in [0.15, 0.2) is 0 Å². The zero-order valence-corrected chi connectivity index (χ0v) is 15.0. The molecule has 5 nitrogen and oxygen atoms in total. The lowest BCUT2D eigenvalue weighted by Gasteiger charge is -2.39. The van der Waals surface area contributed by atoms with E-state index in [9.17, 15) is 4.79 Å². The number of carbonyl (C=O) groups is 1. The number of hydrogen-bond acceptors (Lipinski definition) is 5. The van der Waals surface area contributed by atoms with Crippen LogP contribution in [0.25, 0.3) is 10.9 Å². The van der Waals surface area contributed by atoms with Crippen molar-refractivity contribution in [2.45, 2.75) is 42.9 Å². The normalized spacial score (nSPS) is 17.1. The lowest BCUT2D eigenvalue weighted by atomic mass is 9.78. The van der Waals surface area contributed by atoms with Crippen molar-refractivity contribution < 1.29 is 14.3 Å². The Morgan fingerprint density at radius 1 is 1.38 bits per heavy atom. The molecule has 1 heterocycles. The van der Waals surface area contributed by atoms with E-state index in [2.05, 4.69) is 16.4 Å². The molecule has 128 valence electrons. The molecule has 1 saturated carbocycles. The fraction of sp³-hybridized carbons (Fsp3) is 0.444. The first kappa shape index (κ1) is 17.0. The van der Waals surface area contributed by atoms with Crippen LogP contribution in [0, 0.1) is 0 Å². The number of aromatic nitrogens is 1. The highest BCUT2D eigenvalue weighted by Gasteiger charge is 2.35. The molecule has 1 aromatic heterocycles. The molecule has 0 bridgehead atoms. The number of nitrogens with zero attached hydrogens (tertiary/aromatic N) is 1. The Morgan fingerprint density at radius 2 is 2.17 bits per heavy atom. The standard InChI is InChI=1S/C18H22N2O3S/c1-18(7-4-8-18)20-16(21)17(22-2)23-13-5-6-15-12(9-13)10-14(24-3)11-19-15/h5-6,9-11,17H,4,7-8H2,1-3H3,(H,20,21). The van der Waals surface area contributed by atoms with Crippen molar-refractivity contribution in [3.05, 3.63) is 30.5 Å². The minimum atomic E-state index is -0.962. The van der Waals surface area contributed by atoms with Gasteiger partial charge >= 0.3 is 0 Å². The van der Waals surface area contributed by atoms with E-state index in [1.807, 2.05) is 31.5 Å². The number of nitrogens with one attached hydrogen (secondary N) is 1. The second kappa shape index (κ2) is 6.99. The maximum atomic E-state index is 12.4. The molecule has 1 unspecified atom stereocenters. The molecular weight excluding hydrogens is 324 g/mol. The van der Waals surface area contributed by atoms with Gasteiger partial charge in [-0.2, -0.15) is 0 Å². The molecule has 1 aliphatic carbocycles. The van der Waals surface area contributed by atoms with Crippen molar-refractivity contribution in [1.82, 2.24) is 10.3 Å². The number of benzene rings is 1. The van der Waals surface area contributed by atoms with Gasteiger partial charge in [0.1, 0.15) is 5.75 Å². The highest BCUT2D eigenvalue weighted by atomic mass is 32.2. The van der Waals surface area contributed by atoms with Gasteiger partial charge in [-0.15, -0.1) is 11.8 Å². The number of carbonyl (C=O) groups excluding carboxylic acids is 1. The van der Waals surface area contributed by atoms with Gasteiger partial charge in [0, 0.05) is 29.1 Å². The Morgan fingerprint density at radius 3 is 2.79 bits per heavy atom. The number of methoxy groups -OCH3 is 1. The first-order chi connectivity index (χ1) is 11.5. The summed E-state index contributed by atoms with van der Waals surface area (Å²) in [5.41, 5.74) is 0.762. The first-order valence-electron chi connectivity index (χ1n) is 7.98. The lowest BCUT2D eigenvalue weighted by Crippen LogP contribution is -2.55. The topological polar surface area (TPSA) is 60.5 Å². The van der Waals surface area contributed by atoms with Crippen LogP contribution in [0.15, 0.2) is 35.4 Å². The van der Waals surface area contributed by atoms with E-state index in [1.165, 1.54) is 7.11 Å². The number of pyridine rings is 1. The van der Waals surface area contributed by atoms with E-state index in [4.69, 9.17) is 9.47 Å². The average molecular weight is 346 g/mol. The molecule has 1 aromatic carbocycles. The molecule has 0 aliphatic heterocycles. The van der Waals surface area contributed by atoms with Crippen LogP contribution >= 0.6 is 11.8 Å². The fourth-order valence-corrected chi connectivity index (χ4v) is 3.20. The largest absolute Gasteiger partial charge is 0.455 e. The summed E-state index contributed by atoms with van der Waals surface area (Å²) in [5.74, 6) is 0.346. The summed E-state index contributed by atoms with van der Waals surface area (Å²) < 4.78 is 11.0. The van der Waals surface area contributed by atoms with Gasteiger partial charge in [0.05, 0.1) is 5.52 Å². The van der Waals surface area contributed by atoms with Crippen LogP contribution in [0.1, 0.15) is 26.2 Å². The van der Waals surface area contributed by atoms with E-state index in [0.29, 0.717) is 5.75 Å². The Bertz CT molecular complexity index is 746. The van der Waals surface area contributed by atoms with Crippen molar-refractivity contribution in [3.8, 4) is 5.75 Å². The third-order valence-electron chi connectivity index (χ3n) is 4.42. The summed E-state index contributed by atoms with van der Waals surface area (Å²) in [4.78, 5) is 17.9. The van der Waals surface area contributed by atoms with Crippen molar-refractivity contribution in [3.63, 3.8) is 0 Å². The van der Waals surface area contributed by atoms with E-state index < -0.39 is 6.29 Å². The van der Waals surface area contributed by atoms with Crippen molar-refractivity contribution >= 4 is 28.6 Å². The molecule has 6 heteroatoms. The predicted molar refractivity (Wildman–Crippen MR) is 95.3 cm³/mol. The molecule has 2 aromatic rings. The molecule has 1 atom stereocenters. The SMILES string of the molecule is COC(Oc1ccc2ncc(SC)cc2c1)C(=O)NC1(C)CCC1. The third kappa shape index (κ3) is 3.65. The number of fused-ring (bicyclic) bond motifs is 1. The first-order valence-corrected chi connectivity index (χ1v) is 9.21. The number of thioether (sulfide) groups is 1. The van der Waals surface area contributed by atoms with Crippen molar-refractivity contribution in [1.29, 1.82) is 0 Å². The molecule has 0 saturated heterocycles. The Balaban J connectivity index is 1.75. The van der Waals surface area contributed by atoms with Crippen LogP contribution in [0.4, 0.5) is 0 Å². The highest BCUT2D eigenvalue weighted by molar-refractivity contribution is 7.98. The number of ether oxygens (including phenoxy) is 2. The summed E-state index contributed by atoms with van der Waals surface area (Å²) in [6.45, 7) is 2.05. The van der Waals surface area contributed by atoms with Crippen LogP contribution in [0.2, 0.25) is 0 Å². The van der Waals surface area contributed by atoms with Crippen molar-refractivity contribution in [2.24, 2.45) is 0 Å². The summed E-state index contributed by atoms with van der Waals surface area (Å²) >= 11 is 1.64. The molecule has 1 aliphatic rings. The Labute approximate surface area is 146 Å². The molecule has 0 spiro atoms. The zero-order valence-electron chi connectivity index (χ0n) is 14.2. The van der Waals surface area contributed by atoms with Gasteiger partial charge in [-0.05, 0) is 56.7 Å². The maximum Gasteiger partial charge on any atom is 0.290 e. The smallest absolute Gasteiger partial charge is 0.290 e. The minimum absolute atomic E-state index is 0.127. The van der Waals surface area contributed by atoms with Crippen LogP contribution in [0.5, 0.6) is 5.75 Å². The fourth-order valence-electron chi connectivity index (χ4n) is 2.80. The van der Waals surface area contributed by atoms with Crippen LogP contribution in [-0.2, 0) is 9.53 Å². The van der Waals surface area contributed by atoms with Crippen LogP contribution in [-0.4, -0.2) is 36.1 Å². The van der Waals surface area contributed by atoms with Gasteiger partial charge in [-0.25, -0.2) is 0 Å². The molecule has 3 rings (SSSR count). The summed E-state index contributed by atoms with van der Waals surface area (Å²) in [7, 11) is 1.47. The molecule has 1 amide bonds. The predicted octanol–water partition coefficient (Wildman–Crippen LogP) is 3.37. The Kier molecular flexibility index (Phi) is 4.96. The molecule has 1 fully saturated rings. The molecular formula is C18H22N2O3S. The number of rotatable bonds is 6. The van der Waals surface area contributed by atoms with Gasteiger partial charge in [0.2, 0.25) is 0 Å². The lowest BCUT2D eigenvalue weighted by molar-refractivity contribution is -0.151. The van der Waals surface area contributed by atoms with Crippen molar-refractivity contribution in [2.75, 3.05) is 13.4 Å². The highest BCUT2D eigenvalue weighted by Crippen LogP contribution is 2.31. The van der Waals surface area contributed by atoms with Gasteiger partial charge in [-0.3, -0.25) is 9.78 Å². The third-order valence-corrected chi connectivity index (χ3v) is 5.11. The van der Waals surface area contributed by atoms with Crippen LogP contribution in [0.3, 0.4) is 0 Å². The molecule has 24 heavy (non-hydrogen) atoms. The van der Waals surface area contributed by atoms with Crippen LogP contribution < -0.4 is 10.1 Å². The second-order valence-corrected chi connectivity index (χ2v) is 7.20. The zero-order chi connectivity index (χ0) is 17.2. The minimum Gasteiger partial charge on any atom is -0.455 e. The molecule has 1 N–H and O–H groups in total. The van der Waals surface area contributed by atoms with E-state index in [0.717, 1.165) is 35.1 Å². The van der Waals surface area contributed by atoms with Gasteiger partial charge in [-0.1, -0.05) is 0 Å². The summed E-state index contributed by atoms with van der Waals surface area (Å²) in [6, 6.07) is 7.62. The average Bonchev–Trinajstić information content (AvgIpc) is 2.57. The summed E-state index contributed by atoms with van der Waals surface area (Å²) in [5, 5.41) is 3.99. The molecule has 0 radical (unpaired) electrons. The number of hydrogen-bond donors (Lipinski definition) is 1. The second-order valence-electron chi connectivity index (χ2n) is 6.32. The van der Waals surface area contributed by atoms with Gasteiger partial charge < -0.3 is 14.8 Å².